The molecule has 0 saturated carbocycles. The van der Waals surface area contributed by atoms with E-state index in [1.165, 1.54) is 16.8 Å². The Morgan fingerprint density at radius 1 is 0.957 bits per heavy atom. The maximum atomic E-state index is 6.22. The van der Waals surface area contributed by atoms with E-state index in [1.54, 1.807) is 0 Å². The summed E-state index contributed by atoms with van der Waals surface area (Å²) in [4.78, 5) is 4.84. The van der Waals surface area contributed by atoms with Crippen molar-refractivity contribution in [2.24, 2.45) is 5.73 Å². The molecule has 0 saturated heterocycles. The number of nitrogens with two attached hydrogens (primary N) is 1. The van der Waals surface area contributed by atoms with Gasteiger partial charge in [-0.1, -0.05) is 54.6 Å². The second-order valence-corrected chi connectivity index (χ2v) is 6.25. The molecule has 0 aliphatic carbocycles. The SMILES string of the molecule is Cc1c(-c2ccc(-c3ccccc3)cc2)nc2n1CCCC2N. The minimum absolute atomic E-state index is 0.0693. The third-order valence-corrected chi connectivity index (χ3v) is 4.74. The van der Waals surface area contributed by atoms with Gasteiger partial charge in [0, 0.05) is 17.8 Å². The second kappa shape index (κ2) is 5.67. The van der Waals surface area contributed by atoms with Gasteiger partial charge in [0.1, 0.15) is 5.82 Å². The number of imidazole rings is 1. The molecule has 2 heterocycles. The normalized spacial score (nSPS) is 17.0. The zero-order valence-corrected chi connectivity index (χ0v) is 13.4. The molecule has 0 spiro atoms. The van der Waals surface area contributed by atoms with E-state index < -0.39 is 0 Å². The molecule has 2 aromatic carbocycles. The van der Waals surface area contributed by atoms with Crippen LogP contribution in [-0.4, -0.2) is 9.55 Å². The number of hydrogen-bond donors (Lipinski definition) is 1. The Bertz CT molecular complexity index is 816. The van der Waals surface area contributed by atoms with Crippen molar-refractivity contribution in [1.82, 2.24) is 9.55 Å². The molecule has 23 heavy (non-hydrogen) atoms. The molecule has 0 radical (unpaired) electrons. The highest BCUT2D eigenvalue weighted by molar-refractivity contribution is 5.69. The average Bonchev–Trinajstić information content (AvgIpc) is 2.94. The fourth-order valence-electron chi connectivity index (χ4n) is 3.44. The molecule has 1 unspecified atom stereocenters. The van der Waals surface area contributed by atoms with Crippen molar-refractivity contribution >= 4 is 0 Å². The van der Waals surface area contributed by atoms with E-state index in [1.807, 2.05) is 6.07 Å². The van der Waals surface area contributed by atoms with Gasteiger partial charge in [-0.3, -0.25) is 0 Å². The summed E-state index contributed by atoms with van der Waals surface area (Å²) in [6, 6.07) is 19.2. The van der Waals surface area contributed by atoms with Crippen LogP contribution < -0.4 is 5.73 Å². The summed E-state index contributed by atoms with van der Waals surface area (Å²) in [5, 5.41) is 0. The van der Waals surface area contributed by atoms with Crippen LogP contribution in [-0.2, 0) is 6.54 Å². The quantitative estimate of drug-likeness (QED) is 0.766. The lowest BCUT2D eigenvalue weighted by molar-refractivity contribution is 0.446. The summed E-state index contributed by atoms with van der Waals surface area (Å²) >= 11 is 0. The van der Waals surface area contributed by atoms with Crippen molar-refractivity contribution in [3.8, 4) is 22.4 Å². The number of benzene rings is 2. The summed E-state index contributed by atoms with van der Waals surface area (Å²) in [6.45, 7) is 3.18. The van der Waals surface area contributed by atoms with Gasteiger partial charge < -0.3 is 10.3 Å². The number of hydrogen-bond acceptors (Lipinski definition) is 2. The Morgan fingerprint density at radius 3 is 2.30 bits per heavy atom. The van der Waals surface area contributed by atoms with Gasteiger partial charge in [-0.25, -0.2) is 4.98 Å². The molecule has 3 nitrogen and oxygen atoms in total. The van der Waals surface area contributed by atoms with E-state index in [4.69, 9.17) is 10.7 Å². The summed E-state index contributed by atoms with van der Waals surface area (Å²) in [5.41, 5.74) is 12.1. The third-order valence-electron chi connectivity index (χ3n) is 4.74. The topological polar surface area (TPSA) is 43.8 Å². The first-order valence-corrected chi connectivity index (χ1v) is 8.22. The van der Waals surface area contributed by atoms with E-state index in [0.717, 1.165) is 36.5 Å². The number of aromatic nitrogens is 2. The Balaban J connectivity index is 1.72. The Labute approximate surface area is 136 Å². The lowest BCUT2D eigenvalue weighted by Crippen LogP contribution is -2.22. The van der Waals surface area contributed by atoms with Gasteiger partial charge in [0.2, 0.25) is 0 Å². The Hall–Kier alpha value is -2.39. The predicted molar refractivity (Wildman–Crippen MR) is 94.0 cm³/mol. The average molecular weight is 303 g/mol. The van der Waals surface area contributed by atoms with Crippen molar-refractivity contribution in [3.63, 3.8) is 0 Å². The third kappa shape index (κ3) is 2.47. The van der Waals surface area contributed by atoms with E-state index in [9.17, 15) is 0 Å². The van der Waals surface area contributed by atoms with Crippen LogP contribution in [0.2, 0.25) is 0 Å². The van der Waals surface area contributed by atoms with E-state index in [2.05, 4.69) is 60.0 Å². The molecule has 116 valence electrons. The molecule has 0 fully saturated rings. The van der Waals surface area contributed by atoms with Crippen LogP contribution in [0.3, 0.4) is 0 Å². The number of nitrogens with zero attached hydrogens (tertiary/aromatic N) is 2. The first kappa shape index (κ1) is 14.2. The van der Waals surface area contributed by atoms with Crippen molar-refractivity contribution in [2.75, 3.05) is 0 Å². The van der Waals surface area contributed by atoms with Gasteiger partial charge in [0.15, 0.2) is 0 Å². The van der Waals surface area contributed by atoms with Crippen molar-refractivity contribution < 1.29 is 0 Å². The van der Waals surface area contributed by atoms with E-state index in [0.29, 0.717) is 0 Å². The first-order valence-electron chi connectivity index (χ1n) is 8.22. The molecular weight excluding hydrogens is 282 g/mol. The molecular formula is C20H21N3. The lowest BCUT2D eigenvalue weighted by Gasteiger charge is -2.20. The van der Waals surface area contributed by atoms with Crippen LogP contribution in [0.15, 0.2) is 54.6 Å². The molecule has 0 amide bonds. The molecule has 3 aromatic rings. The van der Waals surface area contributed by atoms with E-state index >= 15 is 0 Å². The van der Waals surface area contributed by atoms with Gasteiger partial charge in [0.05, 0.1) is 11.7 Å². The fraction of sp³-hybridized carbons (Fsp3) is 0.250. The molecule has 4 rings (SSSR count). The summed E-state index contributed by atoms with van der Waals surface area (Å²) < 4.78 is 2.29. The minimum Gasteiger partial charge on any atom is -0.330 e. The highest BCUT2D eigenvalue weighted by atomic mass is 15.1. The Morgan fingerprint density at radius 2 is 1.61 bits per heavy atom. The number of rotatable bonds is 2. The van der Waals surface area contributed by atoms with Crippen LogP contribution in [0.25, 0.3) is 22.4 Å². The molecule has 1 aliphatic heterocycles. The second-order valence-electron chi connectivity index (χ2n) is 6.25. The Kier molecular flexibility index (Phi) is 3.50. The van der Waals surface area contributed by atoms with Crippen molar-refractivity contribution in [3.05, 3.63) is 66.1 Å². The molecule has 1 atom stereocenters. The monoisotopic (exact) mass is 303 g/mol. The maximum Gasteiger partial charge on any atom is 0.126 e. The van der Waals surface area contributed by atoms with Crippen LogP contribution >= 0.6 is 0 Å². The van der Waals surface area contributed by atoms with Crippen molar-refractivity contribution in [1.29, 1.82) is 0 Å². The van der Waals surface area contributed by atoms with Crippen LogP contribution in [0.1, 0.15) is 30.4 Å². The zero-order valence-electron chi connectivity index (χ0n) is 13.4. The largest absolute Gasteiger partial charge is 0.330 e. The van der Waals surface area contributed by atoms with E-state index in [-0.39, 0.29) is 6.04 Å². The summed E-state index contributed by atoms with van der Waals surface area (Å²) in [5.74, 6) is 1.04. The summed E-state index contributed by atoms with van der Waals surface area (Å²) in [6.07, 6.45) is 2.17. The highest BCUT2D eigenvalue weighted by Gasteiger charge is 2.23. The standard InChI is InChI=1S/C20H21N3/c1-14-19(22-20-18(21)8-5-13-23(14)20)17-11-9-16(10-12-17)15-6-3-2-4-7-15/h2-4,6-7,9-12,18H,5,8,13,21H2,1H3. The summed E-state index contributed by atoms with van der Waals surface area (Å²) in [7, 11) is 0. The lowest BCUT2D eigenvalue weighted by atomic mass is 10.0. The van der Waals surface area contributed by atoms with Crippen LogP contribution in [0.4, 0.5) is 0 Å². The van der Waals surface area contributed by atoms with Crippen molar-refractivity contribution in [2.45, 2.75) is 32.4 Å². The predicted octanol–water partition coefficient (Wildman–Crippen LogP) is 4.32. The van der Waals surface area contributed by atoms with Gasteiger partial charge >= 0.3 is 0 Å². The fourth-order valence-corrected chi connectivity index (χ4v) is 3.44. The number of fused-ring (bicyclic) bond motifs is 1. The van der Waals surface area contributed by atoms with Crippen LogP contribution in [0.5, 0.6) is 0 Å². The first-order chi connectivity index (χ1) is 11.2. The van der Waals surface area contributed by atoms with Gasteiger partial charge in [-0.15, -0.1) is 0 Å². The molecule has 1 aromatic heterocycles. The zero-order chi connectivity index (χ0) is 15.8. The molecule has 3 heteroatoms. The highest BCUT2D eigenvalue weighted by Crippen LogP contribution is 2.31. The minimum atomic E-state index is 0.0693. The maximum absolute atomic E-state index is 6.22. The molecule has 2 N–H and O–H groups in total. The smallest absolute Gasteiger partial charge is 0.126 e. The molecule has 1 aliphatic rings. The molecule has 0 bridgehead atoms. The van der Waals surface area contributed by atoms with Gasteiger partial charge in [0.25, 0.3) is 0 Å². The van der Waals surface area contributed by atoms with Gasteiger partial charge in [-0.2, -0.15) is 0 Å². The van der Waals surface area contributed by atoms with Gasteiger partial charge in [-0.05, 0) is 30.9 Å². The van der Waals surface area contributed by atoms with Crippen LogP contribution in [0, 0.1) is 6.92 Å².